The summed E-state index contributed by atoms with van der Waals surface area (Å²) in [5.41, 5.74) is -0.676. The molecule has 2 N–H and O–H groups in total. The molecule has 1 fully saturated rings. The largest absolute Gasteiger partial charge is 0.478 e. The summed E-state index contributed by atoms with van der Waals surface area (Å²) in [5.74, 6) is -3.19. The van der Waals surface area contributed by atoms with E-state index >= 15 is 0 Å². The van der Waals surface area contributed by atoms with Gasteiger partial charge in [0.15, 0.2) is 0 Å². The third-order valence-electron chi connectivity index (χ3n) is 3.14. The summed E-state index contributed by atoms with van der Waals surface area (Å²) < 4.78 is 27.6. The highest BCUT2D eigenvalue weighted by molar-refractivity contribution is 5.88. The van der Waals surface area contributed by atoms with Crippen molar-refractivity contribution in [3.05, 3.63) is 29.3 Å². The Hall–Kier alpha value is -1.69. The number of carboxylic acids is 1. The van der Waals surface area contributed by atoms with Gasteiger partial charge in [0.05, 0.1) is 18.2 Å². The first-order valence-corrected chi connectivity index (χ1v) is 5.64. The van der Waals surface area contributed by atoms with Gasteiger partial charge in [0.25, 0.3) is 0 Å². The number of rotatable bonds is 3. The van der Waals surface area contributed by atoms with Crippen molar-refractivity contribution >= 4 is 11.7 Å². The van der Waals surface area contributed by atoms with Crippen molar-refractivity contribution in [1.29, 1.82) is 0 Å². The van der Waals surface area contributed by atoms with Gasteiger partial charge < -0.3 is 15.1 Å². The maximum absolute atomic E-state index is 13.8. The lowest BCUT2D eigenvalue weighted by molar-refractivity contribution is 0.0695. The first kappa shape index (κ1) is 12.8. The Morgan fingerprint density at radius 1 is 1.39 bits per heavy atom. The Labute approximate surface area is 102 Å². The lowest BCUT2D eigenvalue weighted by Gasteiger charge is -2.26. The van der Waals surface area contributed by atoms with Crippen LogP contribution in [0.15, 0.2) is 12.1 Å². The fourth-order valence-corrected chi connectivity index (χ4v) is 2.28. The predicted octanol–water partition coefficient (Wildman–Crippen LogP) is 1.62. The summed E-state index contributed by atoms with van der Waals surface area (Å²) in [6, 6.07) is 1.28. The topological polar surface area (TPSA) is 60.8 Å². The zero-order chi connectivity index (χ0) is 13.3. The molecule has 2 rings (SSSR count). The predicted molar refractivity (Wildman–Crippen MR) is 60.8 cm³/mol. The van der Waals surface area contributed by atoms with Crippen LogP contribution in [-0.2, 0) is 0 Å². The number of aliphatic hydroxyl groups excluding tert-OH is 1. The minimum absolute atomic E-state index is 0.181. The molecular formula is C12H13F2NO3. The molecular weight excluding hydrogens is 244 g/mol. The lowest BCUT2D eigenvalue weighted by atomic mass is 10.1. The standard InChI is InChI=1S/C12H13F2NO3/c13-9-4-7(12(17)18)5-10(14)11(9)15-3-1-2-8(15)6-16/h4-5,8,16H,1-3,6H2,(H,17,18). The number of halogens is 2. The monoisotopic (exact) mass is 257 g/mol. The second-order valence-corrected chi connectivity index (χ2v) is 4.27. The van der Waals surface area contributed by atoms with Gasteiger partial charge in [-0.25, -0.2) is 13.6 Å². The van der Waals surface area contributed by atoms with E-state index in [4.69, 9.17) is 10.2 Å². The molecule has 1 aromatic carbocycles. The highest BCUT2D eigenvalue weighted by atomic mass is 19.1. The molecule has 0 spiro atoms. The number of hydrogen-bond acceptors (Lipinski definition) is 3. The van der Waals surface area contributed by atoms with Gasteiger partial charge >= 0.3 is 5.97 Å². The molecule has 1 aromatic rings. The minimum Gasteiger partial charge on any atom is -0.478 e. The quantitative estimate of drug-likeness (QED) is 0.864. The van der Waals surface area contributed by atoms with Crippen LogP contribution in [0, 0.1) is 11.6 Å². The van der Waals surface area contributed by atoms with Gasteiger partial charge in [-0.15, -0.1) is 0 Å². The van der Waals surface area contributed by atoms with Crippen molar-refractivity contribution in [1.82, 2.24) is 0 Å². The molecule has 4 nitrogen and oxygen atoms in total. The van der Waals surface area contributed by atoms with E-state index in [0.717, 1.165) is 18.6 Å². The van der Waals surface area contributed by atoms with Crippen LogP contribution in [0.1, 0.15) is 23.2 Å². The van der Waals surface area contributed by atoms with Crippen LogP contribution in [0.25, 0.3) is 0 Å². The van der Waals surface area contributed by atoms with Gasteiger partial charge in [-0.05, 0) is 25.0 Å². The highest BCUT2D eigenvalue weighted by Crippen LogP contribution is 2.31. The number of hydrogen-bond donors (Lipinski definition) is 2. The summed E-state index contributed by atoms with van der Waals surface area (Å²) in [5, 5.41) is 17.8. The molecule has 0 radical (unpaired) electrons. The average molecular weight is 257 g/mol. The van der Waals surface area contributed by atoms with E-state index in [2.05, 4.69) is 0 Å². The van der Waals surface area contributed by atoms with E-state index in [1.54, 1.807) is 0 Å². The summed E-state index contributed by atoms with van der Waals surface area (Å²) >= 11 is 0. The first-order chi connectivity index (χ1) is 8.54. The van der Waals surface area contributed by atoms with Crippen LogP contribution in [0.5, 0.6) is 0 Å². The van der Waals surface area contributed by atoms with E-state index in [0.29, 0.717) is 13.0 Å². The lowest BCUT2D eigenvalue weighted by Crippen LogP contribution is -2.33. The van der Waals surface area contributed by atoms with Crippen LogP contribution in [0.4, 0.5) is 14.5 Å². The molecule has 1 atom stereocenters. The fourth-order valence-electron chi connectivity index (χ4n) is 2.28. The highest BCUT2D eigenvalue weighted by Gasteiger charge is 2.29. The number of anilines is 1. The number of aliphatic hydroxyl groups is 1. The summed E-state index contributed by atoms with van der Waals surface area (Å²) in [6.07, 6.45) is 1.40. The van der Waals surface area contributed by atoms with Crippen molar-refractivity contribution in [2.45, 2.75) is 18.9 Å². The van der Waals surface area contributed by atoms with Crippen LogP contribution < -0.4 is 4.90 Å². The molecule has 98 valence electrons. The maximum atomic E-state index is 13.8. The molecule has 0 aromatic heterocycles. The molecule has 0 aliphatic carbocycles. The minimum atomic E-state index is -1.38. The Balaban J connectivity index is 2.42. The van der Waals surface area contributed by atoms with Gasteiger partial charge in [-0.2, -0.15) is 0 Å². The maximum Gasteiger partial charge on any atom is 0.335 e. The molecule has 0 saturated carbocycles. The molecule has 0 amide bonds. The SMILES string of the molecule is O=C(O)c1cc(F)c(N2CCCC2CO)c(F)c1. The van der Waals surface area contributed by atoms with E-state index in [-0.39, 0.29) is 18.3 Å². The van der Waals surface area contributed by atoms with Crippen molar-refractivity contribution < 1.29 is 23.8 Å². The van der Waals surface area contributed by atoms with Gasteiger partial charge in [0.2, 0.25) is 0 Å². The second kappa shape index (κ2) is 4.89. The molecule has 6 heteroatoms. The van der Waals surface area contributed by atoms with Crippen molar-refractivity contribution in [2.75, 3.05) is 18.1 Å². The van der Waals surface area contributed by atoms with Crippen LogP contribution in [-0.4, -0.2) is 35.4 Å². The zero-order valence-electron chi connectivity index (χ0n) is 9.57. The number of benzene rings is 1. The van der Waals surface area contributed by atoms with Crippen LogP contribution in [0.3, 0.4) is 0 Å². The average Bonchev–Trinajstić information content (AvgIpc) is 2.76. The zero-order valence-corrected chi connectivity index (χ0v) is 9.57. The molecule has 1 aliphatic rings. The third kappa shape index (κ3) is 2.15. The summed E-state index contributed by atoms with van der Waals surface area (Å²) in [6.45, 7) is 0.269. The second-order valence-electron chi connectivity index (χ2n) is 4.27. The number of carboxylic acid groups (broad SMARTS) is 1. The number of nitrogens with zero attached hydrogens (tertiary/aromatic N) is 1. The van der Waals surface area contributed by atoms with Gasteiger partial charge in [0.1, 0.15) is 17.3 Å². The Morgan fingerprint density at radius 3 is 2.50 bits per heavy atom. The van der Waals surface area contributed by atoms with Gasteiger partial charge in [-0.3, -0.25) is 0 Å². The van der Waals surface area contributed by atoms with E-state index < -0.39 is 23.2 Å². The van der Waals surface area contributed by atoms with E-state index in [9.17, 15) is 13.6 Å². The molecule has 1 heterocycles. The molecule has 18 heavy (non-hydrogen) atoms. The van der Waals surface area contributed by atoms with Gasteiger partial charge in [-0.1, -0.05) is 0 Å². The van der Waals surface area contributed by atoms with Crippen molar-refractivity contribution in [3.8, 4) is 0 Å². The van der Waals surface area contributed by atoms with E-state index in [1.807, 2.05) is 0 Å². The molecule has 1 unspecified atom stereocenters. The Kier molecular flexibility index (Phi) is 3.47. The van der Waals surface area contributed by atoms with Crippen molar-refractivity contribution in [3.63, 3.8) is 0 Å². The Morgan fingerprint density at radius 2 is 2.00 bits per heavy atom. The van der Waals surface area contributed by atoms with Crippen LogP contribution in [0.2, 0.25) is 0 Å². The van der Waals surface area contributed by atoms with Gasteiger partial charge in [0, 0.05) is 6.54 Å². The fraction of sp³-hybridized carbons (Fsp3) is 0.417. The number of carbonyl (C=O) groups is 1. The summed E-state index contributed by atoms with van der Waals surface area (Å²) in [4.78, 5) is 12.1. The summed E-state index contributed by atoms with van der Waals surface area (Å²) in [7, 11) is 0. The number of aromatic carboxylic acids is 1. The smallest absolute Gasteiger partial charge is 0.335 e. The normalized spacial score (nSPS) is 19.3. The van der Waals surface area contributed by atoms with E-state index in [1.165, 1.54) is 4.90 Å². The third-order valence-corrected chi connectivity index (χ3v) is 3.14. The Bertz CT molecular complexity index is 455. The molecule has 1 saturated heterocycles. The van der Waals surface area contributed by atoms with Crippen molar-refractivity contribution in [2.24, 2.45) is 0 Å². The first-order valence-electron chi connectivity index (χ1n) is 5.64. The molecule has 0 bridgehead atoms. The molecule has 1 aliphatic heterocycles. The van der Waals surface area contributed by atoms with Crippen LogP contribution >= 0.6 is 0 Å².